The highest BCUT2D eigenvalue weighted by molar-refractivity contribution is 8.02. The van der Waals surface area contributed by atoms with E-state index in [4.69, 9.17) is 4.74 Å². The van der Waals surface area contributed by atoms with Gasteiger partial charge in [-0.1, -0.05) is 11.3 Å². The standard InChI is InChI=1S/C14H13N3O4S4/c1-3-21-12(18)7-11-16-17-14(23-11)24-13-15-9-5-4-8(25(2,19)20)6-10(9)22-13/h4-6H,3,7H2,1-2H3. The Morgan fingerprint density at radius 1 is 1.24 bits per heavy atom. The van der Waals surface area contributed by atoms with E-state index in [-0.39, 0.29) is 17.3 Å². The first kappa shape index (κ1) is 18.2. The zero-order chi connectivity index (χ0) is 18.0. The number of esters is 1. The van der Waals surface area contributed by atoms with Crippen LogP contribution in [-0.4, -0.2) is 42.4 Å². The monoisotopic (exact) mass is 415 g/mol. The molecule has 0 spiro atoms. The van der Waals surface area contributed by atoms with Crippen LogP contribution < -0.4 is 0 Å². The van der Waals surface area contributed by atoms with Gasteiger partial charge in [0.25, 0.3) is 0 Å². The number of nitrogens with zero attached hydrogens (tertiary/aromatic N) is 3. The molecule has 3 rings (SSSR count). The molecular formula is C14H13N3O4S4. The molecule has 2 aromatic heterocycles. The number of thiazole rings is 1. The first-order chi connectivity index (χ1) is 11.8. The molecule has 25 heavy (non-hydrogen) atoms. The van der Waals surface area contributed by atoms with Gasteiger partial charge in [-0.25, -0.2) is 13.4 Å². The van der Waals surface area contributed by atoms with Gasteiger partial charge in [0.2, 0.25) is 0 Å². The van der Waals surface area contributed by atoms with Gasteiger partial charge in [0.15, 0.2) is 18.5 Å². The van der Waals surface area contributed by atoms with Gasteiger partial charge in [-0.2, -0.15) is 0 Å². The molecule has 0 N–H and O–H groups in total. The van der Waals surface area contributed by atoms with Gasteiger partial charge in [-0.3, -0.25) is 4.79 Å². The molecule has 3 aromatic rings. The smallest absolute Gasteiger partial charge is 0.312 e. The minimum absolute atomic E-state index is 0.101. The molecule has 0 saturated heterocycles. The van der Waals surface area contributed by atoms with Gasteiger partial charge in [0, 0.05) is 6.26 Å². The summed E-state index contributed by atoms with van der Waals surface area (Å²) in [5.74, 6) is -0.330. The second kappa shape index (κ2) is 7.36. The molecule has 0 aliphatic heterocycles. The third kappa shape index (κ3) is 4.54. The van der Waals surface area contributed by atoms with Crippen molar-refractivity contribution in [1.29, 1.82) is 0 Å². The van der Waals surface area contributed by atoms with Crippen LogP contribution in [0.15, 0.2) is 31.8 Å². The zero-order valence-corrected chi connectivity index (χ0v) is 16.5. The van der Waals surface area contributed by atoms with Gasteiger partial charge in [0.05, 0.1) is 28.1 Å². The molecule has 7 nitrogen and oxygen atoms in total. The summed E-state index contributed by atoms with van der Waals surface area (Å²) < 4.78 is 30.4. The third-order valence-corrected chi connectivity index (χ3v) is 7.16. The fraction of sp³-hybridized carbons (Fsp3) is 0.286. The van der Waals surface area contributed by atoms with E-state index in [1.54, 1.807) is 25.1 Å². The van der Waals surface area contributed by atoms with Gasteiger partial charge in [-0.15, -0.1) is 21.5 Å². The van der Waals surface area contributed by atoms with Crippen LogP contribution in [0, 0.1) is 0 Å². The summed E-state index contributed by atoms with van der Waals surface area (Å²) in [5, 5.41) is 8.61. The van der Waals surface area contributed by atoms with Crippen LogP contribution in [-0.2, 0) is 25.8 Å². The largest absolute Gasteiger partial charge is 0.466 e. The molecule has 0 atom stereocenters. The van der Waals surface area contributed by atoms with Crippen LogP contribution in [0.4, 0.5) is 0 Å². The average Bonchev–Trinajstić information content (AvgIpc) is 3.12. The van der Waals surface area contributed by atoms with Crippen LogP contribution in [0.2, 0.25) is 0 Å². The molecule has 0 unspecified atom stereocenters. The molecule has 0 radical (unpaired) electrons. The average molecular weight is 416 g/mol. The lowest BCUT2D eigenvalue weighted by Crippen LogP contribution is -2.07. The number of hydrogen-bond donors (Lipinski definition) is 0. The van der Waals surface area contributed by atoms with Gasteiger partial charge in [-0.05, 0) is 36.9 Å². The van der Waals surface area contributed by atoms with Gasteiger partial charge in [0.1, 0.15) is 5.01 Å². The topological polar surface area (TPSA) is 99.1 Å². The lowest BCUT2D eigenvalue weighted by molar-refractivity contribution is -0.142. The summed E-state index contributed by atoms with van der Waals surface area (Å²) in [4.78, 5) is 16.2. The summed E-state index contributed by atoms with van der Waals surface area (Å²) in [5.41, 5.74) is 0.733. The van der Waals surface area contributed by atoms with Crippen LogP contribution in [0.25, 0.3) is 10.2 Å². The highest BCUT2D eigenvalue weighted by Crippen LogP contribution is 2.36. The number of benzene rings is 1. The van der Waals surface area contributed by atoms with Crippen molar-refractivity contribution in [2.24, 2.45) is 0 Å². The molecule has 11 heteroatoms. The number of rotatable bonds is 6. The maximum absolute atomic E-state index is 11.6. The first-order valence-corrected chi connectivity index (χ1v) is 11.5. The molecule has 2 heterocycles. The number of carbonyl (C=O) groups is 1. The van der Waals surface area contributed by atoms with Crippen molar-refractivity contribution in [3.05, 3.63) is 23.2 Å². The highest BCUT2D eigenvalue weighted by atomic mass is 32.2. The zero-order valence-electron chi connectivity index (χ0n) is 13.3. The molecule has 0 aliphatic carbocycles. The van der Waals surface area contributed by atoms with Crippen molar-refractivity contribution in [3.63, 3.8) is 0 Å². The third-order valence-electron chi connectivity index (χ3n) is 2.99. The van der Waals surface area contributed by atoms with E-state index in [1.807, 2.05) is 0 Å². The fourth-order valence-electron chi connectivity index (χ4n) is 1.92. The SMILES string of the molecule is CCOC(=O)Cc1nnc(Sc2nc3ccc(S(C)(=O)=O)cc3s2)s1. The Labute approximate surface area is 156 Å². The summed E-state index contributed by atoms with van der Waals surface area (Å²) in [6.45, 7) is 2.09. The lowest BCUT2D eigenvalue weighted by Gasteiger charge is -1.96. The van der Waals surface area contributed by atoms with E-state index in [1.165, 1.54) is 40.7 Å². The number of fused-ring (bicyclic) bond motifs is 1. The predicted molar refractivity (Wildman–Crippen MR) is 97.1 cm³/mol. The quantitative estimate of drug-likeness (QED) is 0.567. The number of hydrogen-bond acceptors (Lipinski definition) is 10. The minimum atomic E-state index is -3.25. The minimum Gasteiger partial charge on any atom is -0.466 e. The number of carbonyl (C=O) groups excluding carboxylic acids is 1. The highest BCUT2D eigenvalue weighted by Gasteiger charge is 2.14. The summed E-state index contributed by atoms with van der Waals surface area (Å²) in [6, 6.07) is 4.87. The van der Waals surface area contributed by atoms with Crippen molar-refractivity contribution < 1.29 is 17.9 Å². The van der Waals surface area contributed by atoms with Crippen LogP contribution in [0.1, 0.15) is 11.9 Å². The molecule has 0 aliphatic rings. The number of aromatic nitrogens is 3. The van der Waals surface area contributed by atoms with E-state index < -0.39 is 9.84 Å². The lowest BCUT2D eigenvalue weighted by atomic mass is 10.3. The van der Waals surface area contributed by atoms with Gasteiger partial charge >= 0.3 is 5.97 Å². The Morgan fingerprint density at radius 3 is 2.76 bits per heavy atom. The van der Waals surface area contributed by atoms with Crippen molar-refractivity contribution in [1.82, 2.24) is 15.2 Å². The van der Waals surface area contributed by atoms with Crippen molar-refractivity contribution in [2.45, 2.75) is 26.9 Å². The number of sulfone groups is 1. The second-order valence-electron chi connectivity index (χ2n) is 4.93. The molecule has 132 valence electrons. The molecule has 0 saturated carbocycles. The van der Waals surface area contributed by atoms with E-state index in [0.717, 1.165) is 14.6 Å². The second-order valence-corrected chi connectivity index (χ2v) is 10.5. The first-order valence-electron chi connectivity index (χ1n) is 7.11. The Bertz CT molecular complexity index is 1030. The summed E-state index contributed by atoms with van der Waals surface area (Å²) in [7, 11) is -3.25. The maximum Gasteiger partial charge on any atom is 0.312 e. The van der Waals surface area contributed by atoms with Crippen molar-refractivity contribution in [2.75, 3.05) is 12.9 Å². The van der Waals surface area contributed by atoms with E-state index in [9.17, 15) is 13.2 Å². The molecule has 0 amide bonds. The summed E-state index contributed by atoms with van der Waals surface area (Å²) in [6.07, 6.45) is 1.28. The van der Waals surface area contributed by atoms with Crippen molar-refractivity contribution in [3.8, 4) is 0 Å². The Morgan fingerprint density at radius 2 is 2.04 bits per heavy atom. The van der Waals surface area contributed by atoms with Crippen molar-refractivity contribution >= 4 is 60.5 Å². The number of ether oxygens (including phenoxy) is 1. The maximum atomic E-state index is 11.6. The van der Waals surface area contributed by atoms with Gasteiger partial charge < -0.3 is 4.74 Å². The van der Waals surface area contributed by atoms with Crippen LogP contribution >= 0.6 is 34.4 Å². The molecule has 1 aromatic carbocycles. The molecule has 0 bridgehead atoms. The Kier molecular flexibility index (Phi) is 5.37. The fourth-order valence-corrected chi connectivity index (χ4v) is 5.83. The normalized spacial score (nSPS) is 11.8. The summed E-state index contributed by atoms with van der Waals surface area (Å²) >= 11 is 4.04. The Balaban J connectivity index is 1.77. The van der Waals surface area contributed by atoms with E-state index in [2.05, 4.69) is 15.2 Å². The molecular weight excluding hydrogens is 402 g/mol. The van der Waals surface area contributed by atoms with E-state index in [0.29, 0.717) is 16.0 Å². The van der Waals surface area contributed by atoms with Crippen LogP contribution in [0.3, 0.4) is 0 Å². The Hall–Kier alpha value is -1.56. The van der Waals surface area contributed by atoms with Crippen LogP contribution in [0.5, 0.6) is 0 Å². The predicted octanol–water partition coefficient (Wildman–Crippen LogP) is 2.81. The van der Waals surface area contributed by atoms with E-state index >= 15 is 0 Å². The molecule has 0 fully saturated rings.